The third-order valence-corrected chi connectivity index (χ3v) is 2.57. The minimum atomic E-state index is -0.452. The highest BCUT2D eigenvalue weighted by molar-refractivity contribution is 5.89. The SMILES string of the molecule is COC(=O)c1cc(-c2ccccc2OC)ccn1. The fourth-order valence-corrected chi connectivity index (χ4v) is 1.70. The molecule has 0 radical (unpaired) electrons. The highest BCUT2D eigenvalue weighted by atomic mass is 16.5. The zero-order valence-corrected chi connectivity index (χ0v) is 10.2. The van der Waals surface area contributed by atoms with Gasteiger partial charge in [0.25, 0.3) is 0 Å². The minimum absolute atomic E-state index is 0.279. The summed E-state index contributed by atoms with van der Waals surface area (Å²) in [6.45, 7) is 0. The number of hydrogen-bond acceptors (Lipinski definition) is 4. The molecular weight excluding hydrogens is 230 g/mol. The second-order valence-corrected chi connectivity index (χ2v) is 3.62. The summed E-state index contributed by atoms with van der Waals surface area (Å²) in [6.07, 6.45) is 1.58. The Balaban J connectivity index is 2.48. The first-order valence-corrected chi connectivity index (χ1v) is 5.44. The Morgan fingerprint density at radius 2 is 1.94 bits per heavy atom. The number of nitrogens with zero attached hydrogens (tertiary/aromatic N) is 1. The standard InChI is InChI=1S/C14H13NO3/c1-17-13-6-4-3-5-11(13)10-7-8-15-12(9-10)14(16)18-2/h3-9H,1-2H3. The average Bonchev–Trinajstić information content (AvgIpc) is 2.46. The van der Waals surface area contributed by atoms with Crippen LogP contribution in [0.4, 0.5) is 0 Å². The number of aromatic nitrogens is 1. The molecular formula is C14H13NO3. The van der Waals surface area contributed by atoms with Crippen LogP contribution in [0.3, 0.4) is 0 Å². The molecule has 1 aromatic heterocycles. The second-order valence-electron chi connectivity index (χ2n) is 3.62. The Kier molecular flexibility index (Phi) is 3.57. The van der Waals surface area contributed by atoms with Crippen molar-refractivity contribution in [3.05, 3.63) is 48.3 Å². The lowest BCUT2D eigenvalue weighted by atomic mass is 10.1. The molecule has 4 nitrogen and oxygen atoms in total. The molecule has 0 saturated carbocycles. The summed E-state index contributed by atoms with van der Waals surface area (Å²) in [5.74, 6) is 0.297. The molecule has 4 heteroatoms. The lowest BCUT2D eigenvalue weighted by Crippen LogP contribution is -2.03. The molecule has 0 aliphatic carbocycles. The number of carbonyl (C=O) groups is 1. The summed E-state index contributed by atoms with van der Waals surface area (Å²) in [5, 5.41) is 0. The van der Waals surface area contributed by atoms with Gasteiger partial charge in [0.1, 0.15) is 11.4 Å². The van der Waals surface area contributed by atoms with Gasteiger partial charge >= 0.3 is 5.97 Å². The number of ether oxygens (including phenoxy) is 2. The molecule has 2 rings (SSSR count). The van der Waals surface area contributed by atoms with Gasteiger partial charge in [-0.25, -0.2) is 9.78 Å². The molecule has 0 N–H and O–H groups in total. The summed E-state index contributed by atoms with van der Waals surface area (Å²) in [4.78, 5) is 15.4. The number of methoxy groups -OCH3 is 2. The van der Waals surface area contributed by atoms with Crippen LogP contribution < -0.4 is 4.74 Å². The van der Waals surface area contributed by atoms with Crippen molar-refractivity contribution in [2.24, 2.45) is 0 Å². The Labute approximate surface area is 105 Å². The van der Waals surface area contributed by atoms with Crippen LogP contribution in [0.25, 0.3) is 11.1 Å². The number of para-hydroxylation sites is 1. The van der Waals surface area contributed by atoms with Crippen molar-refractivity contribution in [2.75, 3.05) is 14.2 Å². The minimum Gasteiger partial charge on any atom is -0.496 e. The number of pyridine rings is 1. The van der Waals surface area contributed by atoms with Crippen LogP contribution >= 0.6 is 0 Å². The number of carbonyl (C=O) groups excluding carboxylic acids is 1. The van der Waals surface area contributed by atoms with E-state index in [-0.39, 0.29) is 5.69 Å². The summed E-state index contributed by atoms with van der Waals surface area (Å²) in [5.41, 5.74) is 2.05. The van der Waals surface area contributed by atoms with Crippen LogP contribution in [0.5, 0.6) is 5.75 Å². The van der Waals surface area contributed by atoms with Crippen molar-refractivity contribution in [1.29, 1.82) is 0 Å². The van der Waals surface area contributed by atoms with Crippen LogP contribution in [0, 0.1) is 0 Å². The third-order valence-electron chi connectivity index (χ3n) is 2.57. The van der Waals surface area contributed by atoms with Crippen molar-refractivity contribution < 1.29 is 14.3 Å². The van der Waals surface area contributed by atoms with Crippen molar-refractivity contribution in [1.82, 2.24) is 4.98 Å². The van der Waals surface area contributed by atoms with Crippen LogP contribution in [0.15, 0.2) is 42.6 Å². The Bertz CT molecular complexity index is 566. The molecule has 0 saturated heterocycles. The first-order chi connectivity index (χ1) is 8.76. The fraction of sp³-hybridized carbons (Fsp3) is 0.143. The van der Waals surface area contributed by atoms with E-state index in [9.17, 15) is 4.79 Å². The molecule has 0 aliphatic heterocycles. The summed E-state index contributed by atoms with van der Waals surface area (Å²) < 4.78 is 9.94. The molecule has 0 unspecified atom stereocenters. The van der Waals surface area contributed by atoms with E-state index in [0.717, 1.165) is 16.9 Å². The zero-order chi connectivity index (χ0) is 13.0. The van der Waals surface area contributed by atoms with E-state index < -0.39 is 5.97 Å². The quantitative estimate of drug-likeness (QED) is 0.777. The maximum atomic E-state index is 11.4. The van der Waals surface area contributed by atoms with Crippen molar-refractivity contribution in [2.45, 2.75) is 0 Å². The van der Waals surface area contributed by atoms with Gasteiger partial charge in [-0.05, 0) is 23.8 Å². The lowest BCUT2D eigenvalue weighted by molar-refractivity contribution is 0.0594. The summed E-state index contributed by atoms with van der Waals surface area (Å²) in [6, 6.07) is 11.1. The molecule has 0 fully saturated rings. The molecule has 2 aromatic rings. The predicted molar refractivity (Wildman–Crippen MR) is 67.6 cm³/mol. The van der Waals surface area contributed by atoms with Crippen LogP contribution in [0.2, 0.25) is 0 Å². The van der Waals surface area contributed by atoms with Gasteiger partial charge in [-0.15, -0.1) is 0 Å². The van der Waals surface area contributed by atoms with Crippen LogP contribution in [-0.4, -0.2) is 25.2 Å². The first kappa shape index (κ1) is 12.1. The molecule has 0 amide bonds. The number of hydrogen-bond donors (Lipinski definition) is 0. The first-order valence-electron chi connectivity index (χ1n) is 5.44. The highest BCUT2D eigenvalue weighted by Crippen LogP contribution is 2.29. The van der Waals surface area contributed by atoms with E-state index in [1.807, 2.05) is 30.3 Å². The van der Waals surface area contributed by atoms with Gasteiger partial charge in [-0.2, -0.15) is 0 Å². The number of rotatable bonds is 3. The van der Waals surface area contributed by atoms with Crippen molar-refractivity contribution in [3.8, 4) is 16.9 Å². The van der Waals surface area contributed by atoms with E-state index in [1.165, 1.54) is 7.11 Å². The maximum Gasteiger partial charge on any atom is 0.356 e. The maximum absolute atomic E-state index is 11.4. The van der Waals surface area contributed by atoms with Gasteiger partial charge in [-0.1, -0.05) is 18.2 Å². The fourth-order valence-electron chi connectivity index (χ4n) is 1.70. The molecule has 1 aromatic carbocycles. The molecule has 1 heterocycles. The zero-order valence-electron chi connectivity index (χ0n) is 10.2. The highest BCUT2D eigenvalue weighted by Gasteiger charge is 2.10. The topological polar surface area (TPSA) is 48.4 Å². The van der Waals surface area contributed by atoms with Gasteiger partial charge in [-0.3, -0.25) is 0 Å². The second kappa shape index (κ2) is 5.31. The largest absolute Gasteiger partial charge is 0.496 e. The van der Waals surface area contributed by atoms with Crippen molar-refractivity contribution >= 4 is 5.97 Å². The van der Waals surface area contributed by atoms with E-state index >= 15 is 0 Å². The molecule has 92 valence electrons. The average molecular weight is 243 g/mol. The van der Waals surface area contributed by atoms with E-state index in [1.54, 1.807) is 19.4 Å². The molecule has 0 spiro atoms. The molecule has 0 atom stereocenters. The summed E-state index contributed by atoms with van der Waals surface area (Å²) in [7, 11) is 2.95. The van der Waals surface area contributed by atoms with Crippen LogP contribution in [-0.2, 0) is 4.74 Å². The smallest absolute Gasteiger partial charge is 0.356 e. The number of esters is 1. The normalized spacial score (nSPS) is 9.89. The Hall–Kier alpha value is -2.36. The van der Waals surface area contributed by atoms with Gasteiger partial charge in [0.05, 0.1) is 14.2 Å². The van der Waals surface area contributed by atoms with Gasteiger partial charge < -0.3 is 9.47 Å². The molecule has 0 aliphatic rings. The van der Waals surface area contributed by atoms with E-state index in [0.29, 0.717) is 0 Å². The molecule has 0 bridgehead atoms. The third kappa shape index (κ3) is 2.32. The van der Waals surface area contributed by atoms with Gasteiger partial charge in [0.2, 0.25) is 0 Å². The van der Waals surface area contributed by atoms with Gasteiger partial charge in [0, 0.05) is 11.8 Å². The summed E-state index contributed by atoms with van der Waals surface area (Å²) >= 11 is 0. The Morgan fingerprint density at radius 1 is 1.17 bits per heavy atom. The monoisotopic (exact) mass is 243 g/mol. The van der Waals surface area contributed by atoms with E-state index in [2.05, 4.69) is 9.72 Å². The molecule has 18 heavy (non-hydrogen) atoms. The lowest BCUT2D eigenvalue weighted by Gasteiger charge is -2.08. The Morgan fingerprint density at radius 3 is 2.67 bits per heavy atom. The predicted octanol–water partition coefficient (Wildman–Crippen LogP) is 2.54. The van der Waals surface area contributed by atoms with Crippen LogP contribution in [0.1, 0.15) is 10.5 Å². The van der Waals surface area contributed by atoms with Gasteiger partial charge in [0.15, 0.2) is 0 Å². The van der Waals surface area contributed by atoms with E-state index in [4.69, 9.17) is 4.74 Å². The van der Waals surface area contributed by atoms with Crippen molar-refractivity contribution in [3.63, 3.8) is 0 Å². The number of benzene rings is 1.